The van der Waals surface area contributed by atoms with Crippen molar-refractivity contribution in [3.8, 4) is 16.9 Å². The van der Waals surface area contributed by atoms with E-state index in [1.165, 1.54) is 49.7 Å². The first-order chi connectivity index (χ1) is 12.5. The van der Waals surface area contributed by atoms with Crippen molar-refractivity contribution in [1.82, 2.24) is 4.98 Å². The van der Waals surface area contributed by atoms with E-state index in [1.807, 2.05) is 0 Å². The van der Waals surface area contributed by atoms with E-state index in [0.29, 0.717) is 5.56 Å². The van der Waals surface area contributed by atoms with Gasteiger partial charge in [-0.2, -0.15) is 0 Å². The van der Waals surface area contributed by atoms with E-state index in [4.69, 9.17) is 4.74 Å². The predicted molar refractivity (Wildman–Crippen MR) is 92.3 cm³/mol. The number of carboxylic acids is 1. The summed E-state index contributed by atoms with van der Waals surface area (Å²) in [6, 6.07) is 11.9. The summed E-state index contributed by atoms with van der Waals surface area (Å²) in [7, 11) is 1.36. The van der Waals surface area contributed by atoms with Crippen LogP contribution in [0.15, 0.2) is 54.7 Å². The van der Waals surface area contributed by atoms with Gasteiger partial charge in [-0.25, -0.2) is 13.6 Å². The summed E-state index contributed by atoms with van der Waals surface area (Å²) in [6.45, 7) is 0. The van der Waals surface area contributed by atoms with E-state index in [9.17, 15) is 18.7 Å². The Kier molecular flexibility index (Phi) is 4.93. The number of hydrogen-bond acceptors (Lipinski definition) is 3. The van der Waals surface area contributed by atoms with Gasteiger partial charge in [-0.3, -0.25) is 4.98 Å². The lowest BCUT2D eigenvalue weighted by atomic mass is 9.99. The van der Waals surface area contributed by atoms with Crippen LogP contribution in [0.1, 0.15) is 21.6 Å². The van der Waals surface area contributed by atoms with Crippen molar-refractivity contribution in [2.75, 3.05) is 7.11 Å². The Morgan fingerprint density at radius 3 is 2.65 bits per heavy atom. The van der Waals surface area contributed by atoms with Gasteiger partial charge in [0, 0.05) is 18.2 Å². The first-order valence-corrected chi connectivity index (χ1v) is 7.79. The Morgan fingerprint density at radius 1 is 1.15 bits per heavy atom. The Balaban J connectivity index is 1.96. The molecule has 0 aliphatic heterocycles. The van der Waals surface area contributed by atoms with E-state index in [2.05, 4.69) is 4.98 Å². The number of methoxy groups -OCH3 is 1. The van der Waals surface area contributed by atoms with Crippen LogP contribution in [0.5, 0.6) is 5.75 Å². The lowest BCUT2D eigenvalue weighted by Gasteiger charge is -2.10. The van der Waals surface area contributed by atoms with Gasteiger partial charge in [0.15, 0.2) is 11.6 Å². The summed E-state index contributed by atoms with van der Waals surface area (Å²) >= 11 is 0. The molecule has 4 nitrogen and oxygen atoms in total. The van der Waals surface area contributed by atoms with Gasteiger partial charge in [0.1, 0.15) is 5.82 Å². The average molecular weight is 355 g/mol. The Morgan fingerprint density at radius 2 is 1.96 bits per heavy atom. The fourth-order valence-electron chi connectivity index (χ4n) is 2.70. The summed E-state index contributed by atoms with van der Waals surface area (Å²) in [4.78, 5) is 15.3. The van der Waals surface area contributed by atoms with Gasteiger partial charge in [0.2, 0.25) is 0 Å². The van der Waals surface area contributed by atoms with Crippen molar-refractivity contribution in [2.45, 2.75) is 6.42 Å². The van der Waals surface area contributed by atoms with Gasteiger partial charge < -0.3 is 9.84 Å². The van der Waals surface area contributed by atoms with E-state index in [1.54, 1.807) is 12.1 Å². The topological polar surface area (TPSA) is 59.4 Å². The first-order valence-electron chi connectivity index (χ1n) is 7.79. The number of hydrogen-bond donors (Lipinski definition) is 1. The molecule has 1 N–H and O–H groups in total. The Hall–Kier alpha value is -3.28. The molecule has 0 amide bonds. The zero-order valence-corrected chi connectivity index (χ0v) is 13.9. The lowest BCUT2D eigenvalue weighted by Crippen LogP contribution is -2.06. The number of rotatable bonds is 5. The molecule has 0 saturated carbocycles. The number of carbonyl (C=O) groups is 1. The van der Waals surface area contributed by atoms with Gasteiger partial charge in [0.05, 0.1) is 18.4 Å². The van der Waals surface area contributed by atoms with Crippen LogP contribution in [0.25, 0.3) is 11.1 Å². The Labute approximate surface area is 148 Å². The van der Waals surface area contributed by atoms with Crippen LogP contribution in [0.4, 0.5) is 8.78 Å². The van der Waals surface area contributed by atoms with E-state index in [0.717, 1.165) is 0 Å². The lowest BCUT2D eigenvalue weighted by molar-refractivity contribution is 0.0695. The largest absolute Gasteiger partial charge is 0.494 e. The summed E-state index contributed by atoms with van der Waals surface area (Å²) < 4.78 is 33.8. The first kappa shape index (κ1) is 17.5. The Bertz CT molecular complexity index is 973. The van der Waals surface area contributed by atoms with Crippen LogP contribution < -0.4 is 4.74 Å². The number of pyridine rings is 1. The van der Waals surface area contributed by atoms with E-state index in [-0.39, 0.29) is 34.6 Å². The highest BCUT2D eigenvalue weighted by Gasteiger charge is 2.15. The molecule has 3 rings (SSSR count). The summed E-state index contributed by atoms with van der Waals surface area (Å²) in [5, 5.41) is 9.20. The molecular weight excluding hydrogens is 340 g/mol. The molecular formula is C20H15F2NO3. The quantitative estimate of drug-likeness (QED) is 0.740. The maximum absolute atomic E-state index is 14.5. The molecule has 132 valence electrons. The van der Waals surface area contributed by atoms with Gasteiger partial charge in [0.25, 0.3) is 0 Å². The van der Waals surface area contributed by atoms with Gasteiger partial charge in [-0.05, 0) is 35.4 Å². The monoisotopic (exact) mass is 355 g/mol. The zero-order chi connectivity index (χ0) is 18.7. The molecule has 26 heavy (non-hydrogen) atoms. The molecule has 0 bridgehead atoms. The second kappa shape index (κ2) is 7.31. The van der Waals surface area contributed by atoms with Crippen molar-refractivity contribution in [3.05, 3.63) is 83.2 Å². The molecule has 0 unspecified atom stereocenters. The molecule has 2 aromatic carbocycles. The second-order valence-corrected chi connectivity index (χ2v) is 5.61. The summed E-state index contributed by atoms with van der Waals surface area (Å²) in [6.07, 6.45) is 1.48. The van der Waals surface area contributed by atoms with Crippen molar-refractivity contribution in [2.24, 2.45) is 0 Å². The number of carboxylic acid groups (broad SMARTS) is 1. The molecule has 0 aliphatic rings. The minimum Gasteiger partial charge on any atom is -0.494 e. The van der Waals surface area contributed by atoms with Crippen LogP contribution in [0.2, 0.25) is 0 Å². The van der Waals surface area contributed by atoms with Crippen molar-refractivity contribution >= 4 is 5.97 Å². The zero-order valence-electron chi connectivity index (χ0n) is 13.9. The second-order valence-electron chi connectivity index (χ2n) is 5.61. The predicted octanol–water partition coefficient (Wildman–Crippen LogP) is 4.32. The van der Waals surface area contributed by atoms with Crippen molar-refractivity contribution in [1.29, 1.82) is 0 Å². The smallest absolute Gasteiger partial charge is 0.337 e. The number of aromatic nitrogens is 1. The number of aromatic carboxylic acids is 1. The van der Waals surface area contributed by atoms with E-state index >= 15 is 0 Å². The number of ether oxygens (including phenoxy) is 1. The van der Waals surface area contributed by atoms with Crippen LogP contribution in [-0.4, -0.2) is 23.2 Å². The highest BCUT2D eigenvalue weighted by Crippen LogP contribution is 2.30. The fraction of sp³-hybridized carbons (Fsp3) is 0.100. The highest BCUT2D eigenvalue weighted by atomic mass is 19.1. The summed E-state index contributed by atoms with van der Waals surface area (Å²) in [5.41, 5.74) is 1.15. The molecule has 0 atom stereocenters. The third-order valence-electron chi connectivity index (χ3n) is 4.03. The average Bonchev–Trinajstić information content (AvgIpc) is 2.64. The van der Waals surface area contributed by atoms with Crippen molar-refractivity contribution in [3.63, 3.8) is 0 Å². The standard InChI is InChI=1S/C20H15F2NO3/c1-26-18-6-2-4-14(19(18)22)12-7-8-13(16(21)10-12)11-17-15(20(24)25)5-3-9-23-17/h2-10H,11H2,1H3,(H,24,25). The van der Waals surface area contributed by atoms with Gasteiger partial charge in [-0.1, -0.05) is 24.3 Å². The third kappa shape index (κ3) is 3.39. The minimum absolute atomic E-state index is 0.0230. The maximum Gasteiger partial charge on any atom is 0.337 e. The van der Waals surface area contributed by atoms with E-state index < -0.39 is 17.6 Å². The molecule has 1 aromatic heterocycles. The number of benzene rings is 2. The van der Waals surface area contributed by atoms with Crippen LogP contribution in [0, 0.1) is 11.6 Å². The molecule has 0 aliphatic carbocycles. The molecule has 0 radical (unpaired) electrons. The summed E-state index contributed by atoms with van der Waals surface area (Å²) in [5.74, 6) is -2.18. The number of nitrogens with zero attached hydrogens (tertiary/aromatic N) is 1. The van der Waals surface area contributed by atoms with Gasteiger partial charge in [-0.15, -0.1) is 0 Å². The van der Waals surface area contributed by atoms with Crippen LogP contribution in [-0.2, 0) is 6.42 Å². The molecule has 0 fully saturated rings. The molecule has 6 heteroatoms. The minimum atomic E-state index is -1.12. The SMILES string of the molecule is COc1cccc(-c2ccc(Cc3ncccc3C(=O)O)c(F)c2)c1F. The fourth-order valence-corrected chi connectivity index (χ4v) is 2.70. The highest BCUT2D eigenvalue weighted by molar-refractivity contribution is 5.88. The van der Waals surface area contributed by atoms with Crippen LogP contribution in [0.3, 0.4) is 0 Å². The van der Waals surface area contributed by atoms with Crippen molar-refractivity contribution < 1.29 is 23.4 Å². The third-order valence-corrected chi connectivity index (χ3v) is 4.03. The molecule has 0 spiro atoms. The number of halogens is 2. The van der Waals surface area contributed by atoms with Crippen LogP contribution >= 0.6 is 0 Å². The molecule has 1 heterocycles. The normalized spacial score (nSPS) is 10.6. The molecule has 3 aromatic rings. The van der Waals surface area contributed by atoms with Gasteiger partial charge >= 0.3 is 5.97 Å². The maximum atomic E-state index is 14.5. The molecule has 0 saturated heterocycles.